The average molecular weight is 1360 g/mol. The Morgan fingerprint density at radius 2 is 0.684 bits per heavy atom. The zero-order chi connectivity index (χ0) is 68.9. The number of amides is 1. The largest absolute Gasteiger partial charge is 0.394 e. The van der Waals surface area contributed by atoms with Gasteiger partial charge in [0.1, 0.15) is 73.2 Å². The second-order valence-corrected chi connectivity index (χ2v) is 27.8. The van der Waals surface area contributed by atoms with Crippen LogP contribution in [0.4, 0.5) is 0 Å². The van der Waals surface area contributed by atoms with Crippen molar-refractivity contribution in [2.75, 3.05) is 26.4 Å². The predicted molar refractivity (Wildman–Crippen MR) is 374 cm³/mol. The summed E-state index contributed by atoms with van der Waals surface area (Å²) in [5.74, 6) is -0.287. The van der Waals surface area contributed by atoms with E-state index < -0.39 is 124 Å². The number of allylic oxidation sites excluding steroid dienone is 5. The Kier molecular flexibility index (Phi) is 52.9. The molecule has 0 bridgehead atoms. The highest BCUT2D eigenvalue weighted by molar-refractivity contribution is 5.76. The first-order valence-electron chi connectivity index (χ1n) is 38.7. The minimum atomic E-state index is -1.98. The van der Waals surface area contributed by atoms with Crippen molar-refractivity contribution in [2.24, 2.45) is 0 Å². The van der Waals surface area contributed by atoms with Crippen LogP contribution in [0.3, 0.4) is 0 Å². The summed E-state index contributed by atoms with van der Waals surface area (Å²) in [6.07, 6.45) is 43.7. The van der Waals surface area contributed by atoms with E-state index in [1.54, 1.807) is 6.08 Å². The van der Waals surface area contributed by atoms with Crippen LogP contribution in [0, 0.1) is 0 Å². The molecule has 1 amide bonds. The Bertz CT molecular complexity index is 1860. The van der Waals surface area contributed by atoms with Gasteiger partial charge in [-0.05, 0) is 38.5 Å². The van der Waals surface area contributed by atoms with Crippen molar-refractivity contribution < 1.29 is 89.4 Å². The molecule has 0 aromatic rings. The summed E-state index contributed by atoms with van der Waals surface area (Å²) in [5, 5.41) is 120. The summed E-state index contributed by atoms with van der Waals surface area (Å²) in [5.41, 5.74) is 0. The maximum atomic E-state index is 13.4. The molecule has 3 heterocycles. The van der Waals surface area contributed by atoms with Gasteiger partial charge in [-0.3, -0.25) is 4.79 Å². The molecule has 19 heteroatoms. The minimum absolute atomic E-state index is 0.235. The van der Waals surface area contributed by atoms with Crippen molar-refractivity contribution >= 4 is 5.91 Å². The van der Waals surface area contributed by atoms with Crippen molar-refractivity contribution in [3.05, 3.63) is 36.5 Å². The first-order chi connectivity index (χ1) is 46.3. The number of aliphatic hydroxyl groups is 11. The van der Waals surface area contributed by atoms with Gasteiger partial charge >= 0.3 is 0 Å². The molecule has 3 fully saturated rings. The fraction of sp³-hybridized carbons (Fsp3) is 0.908. The summed E-state index contributed by atoms with van der Waals surface area (Å²) in [7, 11) is 0. The first-order valence-corrected chi connectivity index (χ1v) is 38.7. The van der Waals surface area contributed by atoms with Crippen molar-refractivity contribution in [3.8, 4) is 0 Å². The summed E-state index contributed by atoms with van der Waals surface area (Å²) < 4.78 is 34.3. The first kappa shape index (κ1) is 87.2. The molecule has 12 N–H and O–H groups in total. The molecule has 558 valence electrons. The summed E-state index contributed by atoms with van der Waals surface area (Å²) in [6.45, 7) is 1.60. The number of rotatable bonds is 61. The lowest BCUT2D eigenvalue weighted by molar-refractivity contribution is -0.379. The predicted octanol–water partition coefficient (Wildman–Crippen LogP) is 11.9. The van der Waals surface area contributed by atoms with Gasteiger partial charge in [-0.15, -0.1) is 0 Å². The van der Waals surface area contributed by atoms with Crippen LogP contribution in [0.15, 0.2) is 36.5 Å². The highest BCUT2D eigenvalue weighted by atomic mass is 16.8. The van der Waals surface area contributed by atoms with E-state index in [4.69, 9.17) is 28.4 Å². The summed E-state index contributed by atoms with van der Waals surface area (Å²) in [6, 6.07) is -0.993. The van der Waals surface area contributed by atoms with Gasteiger partial charge in [-0.2, -0.15) is 0 Å². The third kappa shape index (κ3) is 38.6. The zero-order valence-corrected chi connectivity index (χ0v) is 59.4. The molecule has 0 aliphatic carbocycles. The zero-order valence-electron chi connectivity index (χ0n) is 59.4. The van der Waals surface area contributed by atoms with Crippen LogP contribution in [0.1, 0.15) is 309 Å². The highest BCUT2D eigenvalue weighted by Crippen LogP contribution is 2.33. The Labute approximate surface area is 574 Å². The van der Waals surface area contributed by atoms with E-state index in [0.717, 1.165) is 44.9 Å². The number of ether oxygens (including phenoxy) is 6. The van der Waals surface area contributed by atoms with E-state index in [9.17, 15) is 61.0 Å². The Morgan fingerprint density at radius 3 is 1.04 bits per heavy atom. The van der Waals surface area contributed by atoms with Crippen LogP contribution < -0.4 is 5.32 Å². The monoisotopic (exact) mass is 1360 g/mol. The van der Waals surface area contributed by atoms with Crippen LogP contribution in [0.25, 0.3) is 0 Å². The Balaban J connectivity index is 1.25. The highest BCUT2D eigenvalue weighted by Gasteiger charge is 2.53. The standard InChI is InChI=1S/C76H141NO18/c1-3-5-7-9-11-13-15-16-17-18-19-20-21-22-23-24-25-26-27-28-29-30-31-32-33-34-35-36-37-38-39-40-41-42-43-44-46-48-50-52-54-64(82)77-59(60(81)53-51-49-47-45-14-12-10-8-6-4-2)58-90-74-70(88)67(85)72(62(56-79)92-74)95-76-71(89)68(86)73(63(57-80)93-76)94-75-69(87)66(84)65(83)61(55-78)91-75/h6,8,14,45,51,53,59-63,65-76,78-81,83-89H,3-5,7,9-13,15-44,46-50,52,54-58H2,1-2H3,(H,77,82)/b8-6+,45-14+,53-51+. The minimum Gasteiger partial charge on any atom is -0.394 e. The number of nitrogens with one attached hydrogen (secondary N) is 1. The molecule has 0 saturated carbocycles. The van der Waals surface area contributed by atoms with Crippen LogP contribution in [0.2, 0.25) is 0 Å². The molecule has 0 aromatic heterocycles. The maximum absolute atomic E-state index is 13.4. The van der Waals surface area contributed by atoms with E-state index in [0.29, 0.717) is 12.8 Å². The van der Waals surface area contributed by atoms with Gasteiger partial charge in [0.25, 0.3) is 0 Å². The number of aliphatic hydroxyl groups excluding tert-OH is 11. The molecule has 3 aliphatic rings. The molecule has 0 aromatic carbocycles. The van der Waals surface area contributed by atoms with E-state index in [1.165, 1.54) is 231 Å². The summed E-state index contributed by atoms with van der Waals surface area (Å²) >= 11 is 0. The van der Waals surface area contributed by atoms with Crippen LogP contribution >= 0.6 is 0 Å². The number of unbranched alkanes of at least 4 members (excludes halogenated alkanes) is 41. The molecular weight excluding hydrogens is 1210 g/mol. The molecule has 0 radical (unpaired) electrons. The molecule has 3 saturated heterocycles. The van der Waals surface area contributed by atoms with Gasteiger partial charge in [0.05, 0.1) is 38.6 Å². The van der Waals surface area contributed by atoms with Gasteiger partial charge in [-0.1, -0.05) is 301 Å². The maximum Gasteiger partial charge on any atom is 0.220 e. The normalized spacial score (nSPS) is 27.4. The van der Waals surface area contributed by atoms with E-state index >= 15 is 0 Å². The molecular formula is C76H141NO18. The van der Waals surface area contributed by atoms with Crippen molar-refractivity contribution in [3.63, 3.8) is 0 Å². The lowest BCUT2D eigenvalue weighted by Gasteiger charge is -2.48. The van der Waals surface area contributed by atoms with Gasteiger partial charge < -0.3 is 89.9 Å². The second-order valence-electron chi connectivity index (χ2n) is 27.8. The van der Waals surface area contributed by atoms with E-state index in [-0.39, 0.29) is 18.9 Å². The van der Waals surface area contributed by atoms with Gasteiger partial charge in [0, 0.05) is 6.42 Å². The van der Waals surface area contributed by atoms with Crippen LogP contribution in [-0.4, -0.2) is 193 Å². The topological polar surface area (TPSA) is 307 Å². The third-order valence-corrected chi connectivity index (χ3v) is 19.4. The lowest BCUT2D eigenvalue weighted by atomic mass is 9.96. The number of carbonyl (C=O) groups excluding carboxylic acids is 1. The molecule has 3 aliphatic heterocycles. The Morgan fingerprint density at radius 1 is 0.379 bits per heavy atom. The molecule has 19 nitrogen and oxygen atoms in total. The lowest BCUT2D eigenvalue weighted by Crippen LogP contribution is -2.66. The van der Waals surface area contributed by atoms with Gasteiger partial charge in [0.15, 0.2) is 18.9 Å². The third-order valence-electron chi connectivity index (χ3n) is 19.4. The van der Waals surface area contributed by atoms with Crippen molar-refractivity contribution in [1.29, 1.82) is 0 Å². The number of carbonyl (C=O) groups is 1. The van der Waals surface area contributed by atoms with E-state index in [2.05, 4.69) is 43.5 Å². The number of hydrogen-bond donors (Lipinski definition) is 12. The van der Waals surface area contributed by atoms with Crippen molar-refractivity contribution in [1.82, 2.24) is 5.32 Å². The SMILES string of the molecule is CC/C=C/CC/C=C/CC/C=C/C(O)C(COC1OC(CO)C(OC2OC(CO)C(OC3OC(CO)C(O)C(O)C3O)C(O)C2O)C(O)C1O)NC(=O)CCCCCCCCCCCCCCCCCCCCCCCCCCCCCCCCCCCCCCCCCC. The fourth-order valence-corrected chi connectivity index (χ4v) is 13.2. The molecule has 17 atom stereocenters. The second kappa shape index (κ2) is 57.6. The van der Waals surface area contributed by atoms with Crippen LogP contribution in [0.5, 0.6) is 0 Å². The Hall–Kier alpha value is -1.99. The molecule has 3 rings (SSSR count). The van der Waals surface area contributed by atoms with Crippen LogP contribution in [-0.2, 0) is 33.2 Å². The molecule has 0 spiro atoms. The average Bonchev–Trinajstić information content (AvgIpc) is 0.788. The van der Waals surface area contributed by atoms with Gasteiger partial charge in [0.2, 0.25) is 5.91 Å². The van der Waals surface area contributed by atoms with Gasteiger partial charge in [-0.25, -0.2) is 0 Å². The number of hydrogen-bond acceptors (Lipinski definition) is 18. The van der Waals surface area contributed by atoms with E-state index in [1.807, 2.05) is 6.08 Å². The smallest absolute Gasteiger partial charge is 0.220 e. The molecule has 17 unspecified atom stereocenters. The molecule has 95 heavy (non-hydrogen) atoms. The van der Waals surface area contributed by atoms with Crippen molar-refractivity contribution in [2.45, 2.75) is 413 Å². The fourth-order valence-electron chi connectivity index (χ4n) is 13.2. The summed E-state index contributed by atoms with van der Waals surface area (Å²) in [4.78, 5) is 13.4. The quantitative estimate of drug-likeness (QED) is 0.0199.